The van der Waals surface area contributed by atoms with Crippen LogP contribution in [-0.4, -0.2) is 23.1 Å². The molecule has 0 aliphatic carbocycles. The van der Waals surface area contributed by atoms with E-state index in [1.165, 1.54) is 12.8 Å². The summed E-state index contributed by atoms with van der Waals surface area (Å²) < 4.78 is 0. The van der Waals surface area contributed by atoms with E-state index in [2.05, 4.69) is 15.3 Å². The lowest BCUT2D eigenvalue weighted by Gasteiger charge is -2.22. The molecule has 1 aliphatic rings. The lowest BCUT2D eigenvalue weighted by Crippen LogP contribution is -2.29. The molecule has 4 nitrogen and oxygen atoms in total. The van der Waals surface area contributed by atoms with Crippen LogP contribution in [0.2, 0.25) is 0 Å². The van der Waals surface area contributed by atoms with E-state index >= 15 is 0 Å². The quantitative estimate of drug-likeness (QED) is 0.787. The second kappa shape index (κ2) is 6.00. The van der Waals surface area contributed by atoms with Gasteiger partial charge in [-0.3, -0.25) is 0 Å². The summed E-state index contributed by atoms with van der Waals surface area (Å²) in [4.78, 5) is 8.53. The first kappa shape index (κ1) is 12.4. The number of hydrogen-bond donors (Lipinski definition) is 2. The first-order valence-electron chi connectivity index (χ1n) is 5.13. The van der Waals surface area contributed by atoms with Gasteiger partial charge in [-0.2, -0.15) is 0 Å². The van der Waals surface area contributed by atoms with Crippen LogP contribution in [0, 0.1) is 0 Å². The van der Waals surface area contributed by atoms with Crippen molar-refractivity contribution in [1.29, 1.82) is 0 Å². The molecule has 0 spiro atoms. The van der Waals surface area contributed by atoms with Crippen LogP contribution >= 0.6 is 12.4 Å². The lowest BCUT2D eigenvalue weighted by molar-refractivity contribution is 0.453. The van der Waals surface area contributed by atoms with Crippen molar-refractivity contribution in [2.75, 3.05) is 13.1 Å². The van der Waals surface area contributed by atoms with Gasteiger partial charge in [0.15, 0.2) is 0 Å². The van der Waals surface area contributed by atoms with Gasteiger partial charge in [0.2, 0.25) is 0 Å². The maximum absolute atomic E-state index is 5.51. The molecule has 0 bridgehead atoms. The minimum absolute atomic E-state index is 0. The van der Waals surface area contributed by atoms with E-state index in [9.17, 15) is 0 Å². The van der Waals surface area contributed by atoms with Crippen molar-refractivity contribution in [2.45, 2.75) is 25.3 Å². The monoisotopic (exact) mass is 228 g/mol. The molecule has 2 rings (SSSR count). The number of nitrogens with two attached hydrogens (primary N) is 1. The SMILES string of the molecule is Cl.NCc1nccc(C2CCCNC2)n1. The summed E-state index contributed by atoms with van der Waals surface area (Å²) in [7, 11) is 0. The first-order valence-corrected chi connectivity index (χ1v) is 5.13. The van der Waals surface area contributed by atoms with Gasteiger partial charge in [0.1, 0.15) is 5.82 Å². The Morgan fingerprint density at radius 3 is 3.07 bits per heavy atom. The Bertz CT molecular complexity index is 299. The molecule has 0 saturated carbocycles. The van der Waals surface area contributed by atoms with E-state index in [4.69, 9.17) is 5.73 Å². The molecule has 1 saturated heterocycles. The Morgan fingerprint density at radius 2 is 2.40 bits per heavy atom. The first-order chi connectivity index (χ1) is 6.90. The molecule has 3 N–H and O–H groups in total. The minimum Gasteiger partial charge on any atom is -0.324 e. The number of halogens is 1. The van der Waals surface area contributed by atoms with Crippen LogP contribution in [0.4, 0.5) is 0 Å². The van der Waals surface area contributed by atoms with Crippen molar-refractivity contribution in [3.05, 3.63) is 23.8 Å². The predicted octanol–water partition coefficient (Wildman–Crippen LogP) is 0.824. The van der Waals surface area contributed by atoms with Gasteiger partial charge in [-0.05, 0) is 25.5 Å². The number of hydrogen-bond acceptors (Lipinski definition) is 4. The van der Waals surface area contributed by atoms with Crippen LogP contribution in [-0.2, 0) is 6.54 Å². The third-order valence-corrected chi connectivity index (χ3v) is 2.62. The summed E-state index contributed by atoms with van der Waals surface area (Å²) in [6.45, 7) is 2.58. The Balaban J connectivity index is 0.00000112. The Hall–Kier alpha value is -0.710. The van der Waals surface area contributed by atoms with E-state index < -0.39 is 0 Å². The summed E-state index contributed by atoms with van der Waals surface area (Å²) in [6.07, 6.45) is 4.25. The molecule has 2 heterocycles. The standard InChI is InChI=1S/C10H16N4.ClH/c11-6-10-13-5-3-9(14-10)8-2-1-4-12-7-8;/h3,5,8,12H,1-2,4,6-7,11H2;1H. The number of nitrogens with zero attached hydrogens (tertiary/aromatic N) is 2. The van der Waals surface area contributed by atoms with Gasteiger partial charge in [0.05, 0.1) is 6.54 Å². The number of nitrogens with one attached hydrogen (secondary N) is 1. The molecule has 1 aromatic rings. The van der Waals surface area contributed by atoms with Crippen molar-refractivity contribution < 1.29 is 0 Å². The summed E-state index contributed by atoms with van der Waals surface area (Å²) in [5, 5.41) is 3.38. The lowest BCUT2D eigenvalue weighted by atomic mass is 9.96. The molecule has 5 heteroatoms. The van der Waals surface area contributed by atoms with E-state index in [0.29, 0.717) is 12.5 Å². The summed E-state index contributed by atoms with van der Waals surface area (Å²) in [5.74, 6) is 1.28. The van der Waals surface area contributed by atoms with E-state index in [1.807, 2.05) is 6.07 Å². The van der Waals surface area contributed by atoms with E-state index in [0.717, 1.165) is 24.6 Å². The molecule has 1 fully saturated rings. The maximum Gasteiger partial charge on any atom is 0.142 e. The van der Waals surface area contributed by atoms with Crippen LogP contribution in [0.15, 0.2) is 12.3 Å². The summed E-state index contributed by atoms with van der Waals surface area (Å²) in [5.41, 5.74) is 6.64. The number of rotatable bonds is 2. The molecule has 84 valence electrons. The highest BCUT2D eigenvalue weighted by atomic mass is 35.5. The fraction of sp³-hybridized carbons (Fsp3) is 0.600. The van der Waals surface area contributed by atoms with Gasteiger partial charge in [-0.25, -0.2) is 9.97 Å². The third-order valence-electron chi connectivity index (χ3n) is 2.62. The Morgan fingerprint density at radius 1 is 1.53 bits per heavy atom. The molecule has 1 atom stereocenters. The summed E-state index contributed by atoms with van der Waals surface area (Å²) in [6, 6.07) is 2.00. The molecule has 0 amide bonds. The minimum atomic E-state index is 0. The second-order valence-corrected chi connectivity index (χ2v) is 3.65. The van der Waals surface area contributed by atoms with Crippen LogP contribution in [0.5, 0.6) is 0 Å². The van der Waals surface area contributed by atoms with Crippen molar-refractivity contribution in [3.8, 4) is 0 Å². The molecular weight excluding hydrogens is 212 g/mol. The van der Waals surface area contributed by atoms with Crippen LogP contribution in [0.3, 0.4) is 0 Å². The number of aromatic nitrogens is 2. The normalized spacial score (nSPS) is 20.7. The summed E-state index contributed by atoms with van der Waals surface area (Å²) >= 11 is 0. The fourth-order valence-electron chi connectivity index (χ4n) is 1.84. The average molecular weight is 229 g/mol. The largest absolute Gasteiger partial charge is 0.324 e. The third kappa shape index (κ3) is 3.12. The van der Waals surface area contributed by atoms with Gasteiger partial charge < -0.3 is 11.1 Å². The average Bonchev–Trinajstić information content (AvgIpc) is 2.30. The highest BCUT2D eigenvalue weighted by Crippen LogP contribution is 2.20. The molecular formula is C10H17ClN4. The topological polar surface area (TPSA) is 63.8 Å². The maximum atomic E-state index is 5.51. The van der Waals surface area contributed by atoms with Crippen LogP contribution in [0.25, 0.3) is 0 Å². The number of piperidine rings is 1. The van der Waals surface area contributed by atoms with Crippen LogP contribution < -0.4 is 11.1 Å². The highest BCUT2D eigenvalue weighted by molar-refractivity contribution is 5.85. The van der Waals surface area contributed by atoms with Crippen molar-refractivity contribution in [2.24, 2.45) is 5.73 Å². The van der Waals surface area contributed by atoms with Gasteiger partial charge in [0, 0.05) is 24.4 Å². The smallest absolute Gasteiger partial charge is 0.142 e. The van der Waals surface area contributed by atoms with Crippen molar-refractivity contribution >= 4 is 12.4 Å². The predicted molar refractivity (Wildman–Crippen MR) is 62.0 cm³/mol. The van der Waals surface area contributed by atoms with Crippen molar-refractivity contribution in [1.82, 2.24) is 15.3 Å². The fourth-order valence-corrected chi connectivity index (χ4v) is 1.84. The molecule has 15 heavy (non-hydrogen) atoms. The van der Waals surface area contributed by atoms with Gasteiger partial charge in [0.25, 0.3) is 0 Å². The molecule has 1 aliphatic heterocycles. The van der Waals surface area contributed by atoms with Crippen molar-refractivity contribution in [3.63, 3.8) is 0 Å². The second-order valence-electron chi connectivity index (χ2n) is 3.65. The zero-order chi connectivity index (χ0) is 9.80. The molecule has 0 aromatic carbocycles. The van der Waals surface area contributed by atoms with Gasteiger partial charge in [-0.15, -0.1) is 12.4 Å². The zero-order valence-electron chi connectivity index (χ0n) is 8.65. The van der Waals surface area contributed by atoms with Gasteiger partial charge >= 0.3 is 0 Å². The van der Waals surface area contributed by atoms with E-state index in [1.54, 1.807) is 6.20 Å². The zero-order valence-corrected chi connectivity index (χ0v) is 9.46. The highest BCUT2D eigenvalue weighted by Gasteiger charge is 2.16. The van der Waals surface area contributed by atoms with E-state index in [-0.39, 0.29) is 12.4 Å². The molecule has 1 aromatic heterocycles. The molecule has 0 radical (unpaired) electrons. The Kier molecular flexibility index (Phi) is 4.94. The molecule has 1 unspecified atom stereocenters. The Labute approximate surface area is 96.1 Å². The van der Waals surface area contributed by atoms with Gasteiger partial charge in [-0.1, -0.05) is 0 Å². The van der Waals surface area contributed by atoms with Crippen LogP contribution in [0.1, 0.15) is 30.3 Å².